The van der Waals surface area contributed by atoms with Crippen LogP contribution in [0, 0.1) is 0 Å². The number of nitrogens with zero attached hydrogens (tertiary/aromatic N) is 4. The molecule has 9 rings (SSSR count). The van der Waals surface area contributed by atoms with Crippen molar-refractivity contribution in [3.63, 3.8) is 0 Å². The second kappa shape index (κ2) is 9.42. The summed E-state index contributed by atoms with van der Waals surface area (Å²) < 4.78 is 2.34. The summed E-state index contributed by atoms with van der Waals surface area (Å²) in [5, 5.41) is 9.62. The van der Waals surface area contributed by atoms with E-state index < -0.39 is 5.51 Å². The normalized spacial score (nSPS) is 13.4. The van der Waals surface area contributed by atoms with Crippen molar-refractivity contribution in [2.45, 2.75) is 0 Å². The van der Waals surface area contributed by atoms with Gasteiger partial charge in [0.15, 0.2) is 0 Å². The number of imidazole rings is 1. The molecule has 5 aromatic carbocycles. The molecule has 0 saturated carbocycles. The monoisotopic (exact) mass is 634 g/mol. The summed E-state index contributed by atoms with van der Waals surface area (Å²) in [4.78, 5) is 14.5. The van der Waals surface area contributed by atoms with Crippen LogP contribution in [0.5, 0.6) is 0 Å². The van der Waals surface area contributed by atoms with Crippen molar-refractivity contribution in [1.82, 2.24) is 19.4 Å². The molecule has 4 nitrogen and oxygen atoms in total. The fourth-order valence-electron chi connectivity index (χ4n) is 6.45. The van der Waals surface area contributed by atoms with Crippen LogP contribution in [0.15, 0.2) is 140 Å². The summed E-state index contributed by atoms with van der Waals surface area (Å²) in [6.45, 7) is 0. The minimum absolute atomic E-state index is 0.983. The fourth-order valence-corrected chi connectivity index (χ4v) is 11.3. The van der Waals surface area contributed by atoms with Crippen LogP contribution in [0.2, 0.25) is 0 Å². The number of pyridine rings is 3. The van der Waals surface area contributed by atoms with E-state index in [9.17, 15) is 0 Å². The second-order valence-corrected chi connectivity index (χ2v) is 17.1. The third kappa shape index (κ3) is 3.70. The van der Waals surface area contributed by atoms with Crippen molar-refractivity contribution >= 4 is 96.7 Å². The molecule has 0 aliphatic carbocycles. The Hall–Kier alpha value is -4.66. The molecule has 0 spiro atoms. The number of hydrogen-bond acceptors (Lipinski definition) is 3. The van der Waals surface area contributed by atoms with Crippen LogP contribution in [0.25, 0.3) is 60.2 Å². The average molecular weight is 634 g/mol. The molecule has 0 aliphatic rings. The minimum atomic E-state index is -2.24. The van der Waals surface area contributed by atoms with Crippen molar-refractivity contribution in [3.05, 3.63) is 140 Å². The van der Waals surface area contributed by atoms with Crippen LogP contribution in [-0.2, 0) is 0 Å². The topological polar surface area (TPSA) is 43.1 Å². The van der Waals surface area contributed by atoms with E-state index in [1.165, 1.54) is 26.7 Å². The van der Waals surface area contributed by atoms with Crippen LogP contribution in [-0.4, -0.2) is 34.5 Å². The van der Waals surface area contributed by atoms with Gasteiger partial charge in [-0.1, -0.05) is 0 Å². The Labute approximate surface area is 254 Å². The van der Waals surface area contributed by atoms with E-state index in [1.807, 2.05) is 24.5 Å². The van der Waals surface area contributed by atoms with Crippen molar-refractivity contribution < 1.29 is 0 Å². The Morgan fingerprint density at radius 3 is 2.00 bits per heavy atom. The summed E-state index contributed by atoms with van der Waals surface area (Å²) >= 11 is 3.77. The third-order valence-corrected chi connectivity index (χ3v) is 15.5. The van der Waals surface area contributed by atoms with E-state index in [-0.39, 0.29) is 0 Å². The second-order valence-electron chi connectivity index (χ2n) is 10.9. The van der Waals surface area contributed by atoms with Gasteiger partial charge in [-0.05, 0) is 0 Å². The van der Waals surface area contributed by atoms with E-state index in [0.29, 0.717) is 0 Å². The molecular weight excluding hydrogens is 610 g/mol. The first-order valence-corrected chi connectivity index (χ1v) is 18.2. The zero-order valence-electron chi connectivity index (χ0n) is 22.9. The first kappa shape index (κ1) is 24.9. The zero-order valence-corrected chi connectivity index (χ0v) is 25.5. The summed E-state index contributed by atoms with van der Waals surface area (Å²) in [6, 6.07) is 45.7. The molecule has 9 aromatic rings. The Bertz CT molecular complexity index is 2540. The zero-order chi connectivity index (χ0) is 28.5. The predicted molar refractivity (Wildman–Crippen MR) is 183 cm³/mol. The number of hydrogen-bond donors (Lipinski definition) is 0. The molecule has 43 heavy (non-hydrogen) atoms. The Morgan fingerprint density at radius 2 is 1.14 bits per heavy atom. The van der Waals surface area contributed by atoms with Crippen LogP contribution in [0.1, 0.15) is 0 Å². The van der Waals surface area contributed by atoms with Gasteiger partial charge in [0, 0.05) is 0 Å². The third-order valence-electron chi connectivity index (χ3n) is 8.51. The van der Waals surface area contributed by atoms with Crippen molar-refractivity contribution in [2.24, 2.45) is 0 Å². The molecule has 0 amide bonds. The number of fused-ring (bicyclic) bond motifs is 10. The molecule has 4 heterocycles. The average Bonchev–Trinajstić information content (AvgIpc) is 3.47. The van der Waals surface area contributed by atoms with Gasteiger partial charge in [-0.15, -0.1) is 0 Å². The number of rotatable bonds is 3. The summed E-state index contributed by atoms with van der Waals surface area (Å²) in [7, 11) is 0. The Balaban J connectivity index is 1.38. The van der Waals surface area contributed by atoms with Gasteiger partial charge in [0.25, 0.3) is 0 Å². The van der Waals surface area contributed by atoms with Gasteiger partial charge in [-0.25, -0.2) is 0 Å². The molecule has 4 aromatic heterocycles. The summed E-state index contributed by atoms with van der Waals surface area (Å²) in [5.41, 5.74) is 3.99. The van der Waals surface area contributed by atoms with Crippen LogP contribution >= 0.6 is 5.51 Å². The Kier molecular flexibility index (Phi) is 5.45. The standard InChI is InChI=1S/C37H23N4PSe/c43-42(26-15-17-32-25(21-26)8-6-19-38-32,27-14-13-24-7-5-20-39-34(24)22-27)28-16-18-33-36(23-28)41-35-12-4-3-10-30(35)29-9-1-2-11-31(29)37(41)40-33/h1-23H. The van der Waals surface area contributed by atoms with E-state index in [2.05, 4.69) is 140 Å². The molecule has 202 valence electrons. The first-order valence-electron chi connectivity index (χ1n) is 14.2. The number of para-hydroxylation sites is 1. The SMILES string of the molecule is [Se]=P(c1ccc2ncccc2c1)(c1ccc2cccnc2c1)c1ccc2nc3c4ccccc4c4ccccc4n3c2c1. The molecule has 1 atom stereocenters. The van der Waals surface area contributed by atoms with Gasteiger partial charge in [0.1, 0.15) is 0 Å². The van der Waals surface area contributed by atoms with E-state index >= 15 is 0 Å². The molecule has 1 unspecified atom stereocenters. The molecule has 0 N–H and O–H groups in total. The quantitative estimate of drug-likeness (QED) is 0.117. The van der Waals surface area contributed by atoms with Gasteiger partial charge >= 0.3 is 256 Å². The maximum atomic E-state index is 5.19. The molecule has 0 radical (unpaired) electrons. The molecule has 6 heteroatoms. The van der Waals surface area contributed by atoms with Gasteiger partial charge in [-0.2, -0.15) is 0 Å². The van der Waals surface area contributed by atoms with Gasteiger partial charge in [0.05, 0.1) is 0 Å². The van der Waals surface area contributed by atoms with Gasteiger partial charge in [-0.3, -0.25) is 0 Å². The molecule has 0 aliphatic heterocycles. The van der Waals surface area contributed by atoms with E-state index in [0.717, 1.165) is 49.4 Å². The summed E-state index contributed by atoms with van der Waals surface area (Å²) in [6.07, 6.45) is 3.72. The van der Waals surface area contributed by atoms with E-state index in [4.69, 9.17) is 9.97 Å². The van der Waals surface area contributed by atoms with Crippen molar-refractivity contribution in [1.29, 1.82) is 0 Å². The Morgan fingerprint density at radius 1 is 0.488 bits per heavy atom. The van der Waals surface area contributed by atoms with Crippen molar-refractivity contribution in [3.8, 4) is 0 Å². The van der Waals surface area contributed by atoms with E-state index in [1.54, 1.807) is 0 Å². The maximum absolute atomic E-state index is 5.19. The van der Waals surface area contributed by atoms with Gasteiger partial charge < -0.3 is 0 Å². The first-order chi connectivity index (χ1) is 21.2. The molecular formula is C37H23N4PSe. The van der Waals surface area contributed by atoms with Crippen LogP contribution in [0.3, 0.4) is 0 Å². The summed E-state index contributed by atoms with van der Waals surface area (Å²) in [5.74, 6) is 0. The molecule has 0 saturated heterocycles. The predicted octanol–water partition coefficient (Wildman–Crippen LogP) is 7.27. The van der Waals surface area contributed by atoms with Crippen LogP contribution < -0.4 is 15.9 Å². The van der Waals surface area contributed by atoms with Crippen molar-refractivity contribution in [2.75, 3.05) is 0 Å². The number of aromatic nitrogens is 4. The fraction of sp³-hybridized carbons (Fsp3) is 0. The van der Waals surface area contributed by atoms with Gasteiger partial charge in [0.2, 0.25) is 0 Å². The van der Waals surface area contributed by atoms with Crippen LogP contribution in [0.4, 0.5) is 0 Å². The molecule has 0 fully saturated rings. The number of benzene rings is 5. The molecule has 0 bridgehead atoms.